The molecule has 1 fully saturated rings. The molecule has 0 radical (unpaired) electrons. The summed E-state index contributed by atoms with van der Waals surface area (Å²) in [6.45, 7) is 8.34. The predicted molar refractivity (Wildman–Crippen MR) is 127 cm³/mol. The number of hydrogen-bond acceptors (Lipinski definition) is 6. The van der Waals surface area contributed by atoms with Crippen LogP contribution >= 0.6 is 11.8 Å². The summed E-state index contributed by atoms with van der Waals surface area (Å²) in [5.41, 5.74) is 3.91. The molecule has 1 saturated heterocycles. The second-order valence-corrected chi connectivity index (χ2v) is 8.65. The van der Waals surface area contributed by atoms with E-state index in [-0.39, 0.29) is 24.2 Å². The van der Waals surface area contributed by atoms with Gasteiger partial charge in [-0.2, -0.15) is 0 Å². The van der Waals surface area contributed by atoms with Gasteiger partial charge in [-0.05, 0) is 75.2 Å². The molecule has 3 rings (SSSR count). The number of hydrogen-bond donors (Lipinski definition) is 1. The normalized spacial score (nSPS) is 17.0. The van der Waals surface area contributed by atoms with E-state index >= 15 is 0 Å². The minimum atomic E-state index is -0.529. The summed E-state index contributed by atoms with van der Waals surface area (Å²) in [6.07, 6.45) is 0.0633. The van der Waals surface area contributed by atoms with E-state index < -0.39 is 5.25 Å². The Kier molecular flexibility index (Phi) is 7.69. The lowest BCUT2D eigenvalue weighted by Gasteiger charge is -2.13. The monoisotopic (exact) mass is 453 g/mol. The van der Waals surface area contributed by atoms with Crippen molar-refractivity contribution in [2.75, 3.05) is 18.5 Å². The van der Waals surface area contributed by atoms with E-state index in [0.29, 0.717) is 29.6 Å². The number of anilines is 1. The number of ether oxygens (including phenoxy) is 1. The van der Waals surface area contributed by atoms with Crippen molar-refractivity contribution in [1.29, 1.82) is 0 Å². The smallest absolute Gasteiger partial charge is 0.338 e. The third-order valence-corrected chi connectivity index (χ3v) is 5.99. The van der Waals surface area contributed by atoms with E-state index in [4.69, 9.17) is 4.74 Å². The molecule has 32 heavy (non-hydrogen) atoms. The minimum absolute atomic E-state index is 0.0633. The average Bonchev–Trinajstić information content (AvgIpc) is 3.01. The maximum Gasteiger partial charge on any atom is 0.338 e. The highest BCUT2D eigenvalue weighted by Crippen LogP contribution is 2.32. The predicted octanol–water partition coefficient (Wildman–Crippen LogP) is 4.46. The zero-order chi connectivity index (χ0) is 23.3. The summed E-state index contributed by atoms with van der Waals surface area (Å²) in [5, 5.41) is 2.91. The Hall–Kier alpha value is -3.13. The van der Waals surface area contributed by atoms with Crippen molar-refractivity contribution in [2.45, 2.75) is 39.4 Å². The van der Waals surface area contributed by atoms with Gasteiger partial charge in [-0.3, -0.25) is 14.5 Å². The van der Waals surface area contributed by atoms with Gasteiger partial charge in [-0.25, -0.2) is 9.79 Å². The fourth-order valence-corrected chi connectivity index (χ4v) is 4.66. The summed E-state index contributed by atoms with van der Waals surface area (Å²) < 4.78 is 4.99. The minimum Gasteiger partial charge on any atom is -0.462 e. The Labute approximate surface area is 192 Å². The SMILES string of the molecule is CCOC(=O)c1ccc(N=C2SC(CC(=O)Nc3cc(C)cc(C)c3)C(=O)N2CC)cc1. The summed E-state index contributed by atoms with van der Waals surface area (Å²) >= 11 is 1.28. The standard InChI is InChI=1S/C24H27N3O4S/c1-5-27-22(29)20(14-21(28)25-19-12-15(3)11-16(4)13-19)32-24(27)26-18-9-7-17(8-10-18)23(30)31-6-2/h7-13,20H,5-6,14H2,1-4H3,(H,25,28). The lowest BCUT2D eigenvalue weighted by molar-refractivity contribution is -0.128. The molecule has 1 heterocycles. The fourth-order valence-electron chi connectivity index (χ4n) is 3.44. The third-order valence-electron chi connectivity index (χ3n) is 4.82. The summed E-state index contributed by atoms with van der Waals surface area (Å²) in [4.78, 5) is 43.4. The van der Waals surface area contributed by atoms with Gasteiger partial charge in [0.2, 0.25) is 11.8 Å². The van der Waals surface area contributed by atoms with Crippen LogP contribution in [0.1, 0.15) is 41.8 Å². The molecular formula is C24H27N3O4S. The summed E-state index contributed by atoms with van der Waals surface area (Å²) in [6, 6.07) is 12.5. The molecule has 1 aliphatic rings. The average molecular weight is 454 g/mol. The first-order valence-electron chi connectivity index (χ1n) is 10.5. The number of nitrogens with zero attached hydrogens (tertiary/aromatic N) is 2. The van der Waals surface area contributed by atoms with Gasteiger partial charge in [-0.1, -0.05) is 17.8 Å². The van der Waals surface area contributed by atoms with E-state index in [9.17, 15) is 14.4 Å². The first-order chi connectivity index (χ1) is 15.3. The number of aliphatic imine (C=N–C) groups is 1. The lowest BCUT2D eigenvalue weighted by atomic mass is 10.1. The molecule has 1 N–H and O–H groups in total. The molecule has 2 amide bonds. The number of nitrogens with one attached hydrogen (secondary N) is 1. The van der Waals surface area contributed by atoms with Gasteiger partial charge < -0.3 is 10.1 Å². The zero-order valence-electron chi connectivity index (χ0n) is 18.7. The lowest BCUT2D eigenvalue weighted by Crippen LogP contribution is -2.33. The maximum absolute atomic E-state index is 12.8. The van der Waals surface area contributed by atoms with E-state index in [1.54, 1.807) is 36.1 Å². The van der Waals surface area contributed by atoms with Crippen molar-refractivity contribution >= 4 is 46.1 Å². The first-order valence-corrected chi connectivity index (χ1v) is 11.4. The van der Waals surface area contributed by atoms with E-state index in [0.717, 1.165) is 16.8 Å². The number of amides is 2. The molecule has 168 valence electrons. The summed E-state index contributed by atoms with van der Waals surface area (Å²) in [5.74, 6) is -0.728. The fraction of sp³-hybridized carbons (Fsp3) is 0.333. The highest BCUT2D eigenvalue weighted by atomic mass is 32.2. The quantitative estimate of drug-likeness (QED) is 0.626. The van der Waals surface area contributed by atoms with Crippen LogP contribution in [0.3, 0.4) is 0 Å². The highest BCUT2D eigenvalue weighted by molar-refractivity contribution is 8.15. The van der Waals surface area contributed by atoms with Crippen LogP contribution in [0.5, 0.6) is 0 Å². The first kappa shape index (κ1) is 23.5. The van der Waals surface area contributed by atoms with Gasteiger partial charge in [0, 0.05) is 18.7 Å². The number of aryl methyl sites for hydroxylation is 2. The largest absolute Gasteiger partial charge is 0.462 e. The Morgan fingerprint density at radius 2 is 1.75 bits per heavy atom. The van der Waals surface area contributed by atoms with E-state index in [2.05, 4.69) is 10.3 Å². The Morgan fingerprint density at radius 1 is 1.09 bits per heavy atom. The second-order valence-electron chi connectivity index (χ2n) is 7.48. The molecule has 1 unspecified atom stereocenters. The van der Waals surface area contributed by atoms with Crippen LogP contribution in [0.15, 0.2) is 47.5 Å². The van der Waals surface area contributed by atoms with Crippen LogP contribution in [-0.2, 0) is 14.3 Å². The number of amidine groups is 1. The van der Waals surface area contributed by atoms with Crippen LogP contribution < -0.4 is 5.32 Å². The van der Waals surface area contributed by atoms with Crippen molar-refractivity contribution in [3.63, 3.8) is 0 Å². The number of esters is 1. The molecule has 8 heteroatoms. The summed E-state index contributed by atoms with van der Waals surface area (Å²) in [7, 11) is 0. The number of carbonyl (C=O) groups excluding carboxylic acids is 3. The molecular weight excluding hydrogens is 426 g/mol. The molecule has 2 aromatic carbocycles. The zero-order valence-corrected chi connectivity index (χ0v) is 19.5. The van der Waals surface area contributed by atoms with Crippen LogP contribution in [0.2, 0.25) is 0 Å². The number of rotatable bonds is 7. The van der Waals surface area contributed by atoms with Gasteiger partial charge in [-0.15, -0.1) is 0 Å². The van der Waals surface area contributed by atoms with Crippen molar-refractivity contribution in [2.24, 2.45) is 4.99 Å². The van der Waals surface area contributed by atoms with Crippen molar-refractivity contribution in [3.8, 4) is 0 Å². The van der Waals surface area contributed by atoms with Crippen LogP contribution in [-0.4, -0.2) is 46.3 Å². The van der Waals surface area contributed by atoms with Gasteiger partial charge in [0.1, 0.15) is 5.25 Å². The van der Waals surface area contributed by atoms with Gasteiger partial charge in [0.25, 0.3) is 0 Å². The molecule has 0 bridgehead atoms. The van der Waals surface area contributed by atoms with Crippen molar-refractivity contribution in [3.05, 3.63) is 59.2 Å². The Bertz CT molecular complexity index is 1030. The van der Waals surface area contributed by atoms with Crippen molar-refractivity contribution in [1.82, 2.24) is 4.90 Å². The Balaban J connectivity index is 1.69. The van der Waals surface area contributed by atoms with Gasteiger partial charge in [0.05, 0.1) is 17.9 Å². The molecule has 2 aromatic rings. The molecule has 1 aliphatic heterocycles. The number of benzene rings is 2. The van der Waals surface area contributed by atoms with Gasteiger partial charge in [0.15, 0.2) is 5.17 Å². The van der Waals surface area contributed by atoms with Crippen LogP contribution in [0.4, 0.5) is 11.4 Å². The molecule has 1 atom stereocenters. The second kappa shape index (κ2) is 10.5. The molecule has 7 nitrogen and oxygen atoms in total. The number of thioether (sulfide) groups is 1. The molecule has 0 saturated carbocycles. The van der Waals surface area contributed by atoms with E-state index in [1.807, 2.05) is 39.0 Å². The Morgan fingerprint density at radius 3 is 2.34 bits per heavy atom. The van der Waals surface area contributed by atoms with Crippen LogP contribution in [0.25, 0.3) is 0 Å². The highest BCUT2D eigenvalue weighted by Gasteiger charge is 2.38. The van der Waals surface area contributed by atoms with E-state index in [1.165, 1.54) is 11.8 Å². The van der Waals surface area contributed by atoms with Crippen molar-refractivity contribution < 1.29 is 19.1 Å². The molecule has 0 aromatic heterocycles. The molecule has 0 spiro atoms. The van der Waals surface area contributed by atoms with Gasteiger partial charge >= 0.3 is 5.97 Å². The topological polar surface area (TPSA) is 88.1 Å². The van der Waals surface area contributed by atoms with Crippen LogP contribution in [0, 0.1) is 13.8 Å². The maximum atomic E-state index is 12.8. The third kappa shape index (κ3) is 5.76. The number of carbonyl (C=O) groups is 3. The molecule has 0 aliphatic carbocycles.